The SMILES string of the molecule is Cc1c(NC(=S)NC(=O)c2cccs2)cccc1-c1nc2cc(Cl)ccc2o1. The maximum Gasteiger partial charge on any atom is 0.267 e. The molecule has 8 heteroatoms. The molecule has 0 atom stereocenters. The zero-order valence-electron chi connectivity index (χ0n) is 14.7. The fourth-order valence-corrected chi connectivity index (χ4v) is 3.73. The number of thiocarbonyl (C=S) groups is 1. The number of aromatic nitrogens is 1. The van der Waals surface area contributed by atoms with E-state index in [1.165, 1.54) is 11.3 Å². The Kier molecular flexibility index (Phi) is 5.13. The van der Waals surface area contributed by atoms with Crippen molar-refractivity contribution in [3.05, 3.63) is 69.4 Å². The van der Waals surface area contributed by atoms with Crippen molar-refractivity contribution in [2.75, 3.05) is 5.32 Å². The summed E-state index contributed by atoms with van der Waals surface area (Å²) in [5.41, 5.74) is 3.83. The minimum atomic E-state index is -0.239. The summed E-state index contributed by atoms with van der Waals surface area (Å²) in [6.07, 6.45) is 0. The molecule has 2 heterocycles. The molecule has 4 rings (SSSR count). The largest absolute Gasteiger partial charge is 0.436 e. The lowest BCUT2D eigenvalue weighted by Gasteiger charge is -2.13. The second kappa shape index (κ2) is 7.71. The molecule has 2 aromatic carbocycles. The van der Waals surface area contributed by atoms with Gasteiger partial charge >= 0.3 is 0 Å². The number of carbonyl (C=O) groups is 1. The Balaban J connectivity index is 1.57. The maximum absolute atomic E-state index is 12.1. The first kappa shape index (κ1) is 18.6. The van der Waals surface area contributed by atoms with Crippen LogP contribution in [0, 0.1) is 6.92 Å². The molecule has 0 aliphatic heterocycles. The van der Waals surface area contributed by atoms with E-state index in [1.807, 2.05) is 36.6 Å². The number of carbonyl (C=O) groups excluding carboxylic acids is 1. The highest BCUT2D eigenvalue weighted by Crippen LogP contribution is 2.31. The van der Waals surface area contributed by atoms with E-state index in [0.717, 1.165) is 16.8 Å². The molecule has 2 N–H and O–H groups in total. The van der Waals surface area contributed by atoms with Crippen LogP contribution < -0.4 is 10.6 Å². The summed E-state index contributed by atoms with van der Waals surface area (Å²) in [5, 5.41) is 8.42. The molecule has 0 saturated carbocycles. The van der Waals surface area contributed by atoms with Gasteiger partial charge in [0, 0.05) is 16.3 Å². The molecule has 28 heavy (non-hydrogen) atoms. The molecule has 0 aliphatic rings. The Morgan fingerprint density at radius 2 is 2.07 bits per heavy atom. The molecule has 140 valence electrons. The molecule has 0 bridgehead atoms. The van der Waals surface area contributed by atoms with E-state index in [0.29, 0.717) is 26.9 Å². The number of benzene rings is 2. The van der Waals surface area contributed by atoms with E-state index in [4.69, 9.17) is 28.2 Å². The highest BCUT2D eigenvalue weighted by atomic mass is 35.5. The van der Waals surface area contributed by atoms with Gasteiger partial charge in [-0.25, -0.2) is 4.98 Å². The number of rotatable bonds is 3. The van der Waals surface area contributed by atoms with Crippen LogP contribution in [0.4, 0.5) is 5.69 Å². The van der Waals surface area contributed by atoms with Crippen LogP contribution in [-0.4, -0.2) is 16.0 Å². The molecule has 0 radical (unpaired) electrons. The molecule has 5 nitrogen and oxygen atoms in total. The normalized spacial score (nSPS) is 10.8. The van der Waals surface area contributed by atoms with Gasteiger partial charge in [-0.15, -0.1) is 11.3 Å². The van der Waals surface area contributed by atoms with Crippen LogP contribution in [0.2, 0.25) is 5.02 Å². The summed E-state index contributed by atoms with van der Waals surface area (Å²) < 4.78 is 5.86. The molecule has 0 unspecified atom stereocenters. The van der Waals surface area contributed by atoms with Gasteiger partial charge in [0.05, 0.1) is 4.88 Å². The summed E-state index contributed by atoms with van der Waals surface area (Å²) in [7, 11) is 0. The van der Waals surface area contributed by atoms with Crippen molar-refractivity contribution in [3.8, 4) is 11.5 Å². The molecule has 2 aromatic heterocycles. The van der Waals surface area contributed by atoms with E-state index in [9.17, 15) is 4.79 Å². The maximum atomic E-state index is 12.1. The summed E-state index contributed by atoms with van der Waals surface area (Å²) in [6, 6.07) is 14.5. The van der Waals surface area contributed by atoms with Gasteiger partial charge in [-0.2, -0.15) is 0 Å². The number of anilines is 1. The monoisotopic (exact) mass is 427 g/mol. The van der Waals surface area contributed by atoms with Crippen LogP contribution in [0.15, 0.2) is 58.3 Å². The molecular formula is C20H14ClN3O2S2. The fraction of sp³-hybridized carbons (Fsp3) is 0.0500. The second-order valence-electron chi connectivity index (χ2n) is 5.99. The third-order valence-electron chi connectivity index (χ3n) is 4.13. The zero-order valence-corrected chi connectivity index (χ0v) is 17.0. The number of amides is 1. The van der Waals surface area contributed by atoms with E-state index < -0.39 is 0 Å². The van der Waals surface area contributed by atoms with Gasteiger partial charge in [0.2, 0.25) is 5.89 Å². The summed E-state index contributed by atoms with van der Waals surface area (Å²) >= 11 is 12.7. The quantitative estimate of drug-likeness (QED) is 0.414. The number of oxazole rings is 1. The van der Waals surface area contributed by atoms with Gasteiger partial charge in [0.25, 0.3) is 5.91 Å². The van der Waals surface area contributed by atoms with Gasteiger partial charge in [-0.1, -0.05) is 23.7 Å². The Bertz CT molecular complexity index is 1190. The lowest BCUT2D eigenvalue weighted by Crippen LogP contribution is -2.33. The zero-order chi connectivity index (χ0) is 19.7. The fourth-order valence-electron chi connectivity index (χ4n) is 2.74. The van der Waals surface area contributed by atoms with Crippen LogP contribution >= 0.6 is 35.2 Å². The Hall–Kier alpha value is -2.74. The third-order valence-corrected chi connectivity index (χ3v) is 5.44. The lowest BCUT2D eigenvalue weighted by molar-refractivity contribution is 0.0981. The topological polar surface area (TPSA) is 67.2 Å². The van der Waals surface area contributed by atoms with Gasteiger partial charge in [0.1, 0.15) is 5.52 Å². The minimum absolute atomic E-state index is 0.225. The molecule has 4 aromatic rings. The predicted molar refractivity (Wildman–Crippen MR) is 117 cm³/mol. The molecule has 0 spiro atoms. The van der Waals surface area contributed by atoms with Crippen molar-refractivity contribution in [3.63, 3.8) is 0 Å². The van der Waals surface area contributed by atoms with E-state index in [1.54, 1.807) is 24.3 Å². The van der Waals surface area contributed by atoms with Gasteiger partial charge < -0.3 is 9.73 Å². The predicted octanol–water partition coefficient (Wildman–Crippen LogP) is 5.64. The van der Waals surface area contributed by atoms with E-state index in [-0.39, 0.29) is 11.0 Å². The minimum Gasteiger partial charge on any atom is -0.436 e. The van der Waals surface area contributed by atoms with Crippen LogP contribution in [0.1, 0.15) is 15.2 Å². The Morgan fingerprint density at radius 3 is 2.86 bits per heavy atom. The van der Waals surface area contributed by atoms with Crippen molar-refractivity contribution >= 4 is 63.0 Å². The van der Waals surface area contributed by atoms with Crippen molar-refractivity contribution < 1.29 is 9.21 Å². The number of halogens is 1. The number of nitrogens with zero attached hydrogens (tertiary/aromatic N) is 1. The summed E-state index contributed by atoms with van der Waals surface area (Å²) in [5.74, 6) is 0.254. The number of nitrogens with one attached hydrogen (secondary N) is 2. The highest BCUT2D eigenvalue weighted by Gasteiger charge is 2.15. The lowest BCUT2D eigenvalue weighted by atomic mass is 10.1. The first-order valence-corrected chi connectivity index (χ1v) is 10.00. The molecular weight excluding hydrogens is 414 g/mol. The smallest absolute Gasteiger partial charge is 0.267 e. The average molecular weight is 428 g/mol. The van der Waals surface area contributed by atoms with Crippen molar-refractivity contribution in [1.29, 1.82) is 0 Å². The Labute approximate surface area is 175 Å². The van der Waals surface area contributed by atoms with Crippen molar-refractivity contribution in [2.45, 2.75) is 6.92 Å². The third kappa shape index (κ3) is 3.77. The van der Waals surface area contributed by atoms with Crippen molar-refractivity contribution in [2.24, 2.45) is 0 Å². The van der Waals surface area contributed by atoms with Crippen LogP contribution in [0.25, 0.3) is 22.6 Å². The first-order valence-electron chi connectivity index (χ1n) is 8.33. The van der Waals surface area contributed by atoms with Crippen LogP contribution in [-0.2, 0) is 0 Å². The summed E-state index contributed by atoms with van der Waals surface area (Å²) in [4.78, 5) is 17.3. The average Bonchev–Trinajstić information content (AvgIpc) is 3.32. The van der Waals surface area contributed by atoms with Crippen LogP contribution in [0.3, 0.4) is 0 Å². The number of thiophene rings is 1. The van der Waals surface area contributed by atoms with E-state index in [2.05, 4.69) is 15.6 Å². The standard InChI is InChI=1S/C20H14ClN3O2S2/c1-11-13(19-22-15-10-12(21)7-8-16(15)26-19)4-2-5-14(11)23-20(27)24-18(25)17-6-3-9-28-17/h2-10H,1H3,(H2,23,24,25,27). The molecule has 0 fully saturated rings. The molecule has 0 aliphatic carbocycles. The number of hydrogen-bond acceptors (Lipinski definition) is 5. The second-order valence-corrected chi connectivity index (χ2v) is 7.79. The summed E-state index contributed by atoms with van der Waals surface area (Å²) in [6.45, 7) is 1.93. The van der Waals surface area contributed by atoms with Crippen molar-refractivity contribution in [1.82, 2.24) is 10.3 Å². The van der Waals surface area contributed by atoms with Gasteiger partial charge in [0.15, 0.2) is 10.7 Å². The van der Waals surface area contributed by atoms with E-state index >= 15 is 0 Å². The number of fused-ring (bicyclic) bond motifs is 1. The molecule has 0 saturated heterocycles. The Morgan fingerprint density at radius 1 is 1.21 bits per heavy atom. The van der Waals surface area contributed by atoms with Gasteiger partial charge in [-0.05, 0) is 66.5 Å². The number of hydrogen-bond donors (Lipinski definition) is 2. The van der Waals surface area contributed by atoms with Gasteiger partial charge in [-0.3, -0.25) is 10.1 Å². The first-order chi connectivity index (χ1) is 13.5. The van der Waals surface area contributed by atoms with Crippen LogP contribution in [0.5, 0.6) is 0 Å². The highest BCUT2D eigenvalue weighted by molar-refractivity contribution is 7.80. The molecule has 1 amide bonds.